The summed E-state index contributed by atoms with van der Waals surface area (Å²) in [6.07, 6.45) is 1.00. The molecule has 0 bridgehead atoms. The average Bonchev–Trinajstić information content (AvgIpc) is 3.38. The molecular formula is C28H36N4O7S. The third-order valence-electron chi connectivity index (χ3n) is 6.39. The lowest BCUT2D eigenvalue weighted by Gasteiger charge is -2.34. The van der Waals surface area contributed by atoms with Gasteiger partial charge in [0.1, 0.15) is 0 Å². The van der Waals surface area contributed by atoms with E-state index in [4.69, 9.17) is 18.6 Å². The van der Waals surface area contributed by atoms with E-state index in [1.54, 1.807) is 12.1 Å². The van der Waals surface area contributed by atoms with Crippen LogP contribution in [-0.4, -0.2) is 61.7 Å². The molecule has 0 unspecified atom stereocenters. The van der Waals surface area contributed by atoms with Gasteiger partial charge in [0.15, 0.2) is 11.5 Å². The quantitative estimate of drug-likeness (QED) is 0.342. The van der Waals surface area contributed by atoms with Crippen LogP contribution in [0, 0.1) is 11.8 Å². The smallest absolute Gasteiger partial charge is 0.322 e. The van der Waals surface area contributed by atoms with Gasteiger partial charge in [-0.15, -0.1) is 5.10 Å². The van der Waals surface area contributed by atoms with Crippen molar-refractivity contribution in [2.24, 2.45) is 11.8 Å². The van der Waals surface area contributed by atoms with Crippen LogP contribution >= 0.6 is 0 Å². The number of piperidine rings is 1. The van der Waals surface area contributed by atoms with E-state index in [0.717, 1.165) is 6.42 Å². The van der Waals surface area contributed by atoms with Crippen molar-refractivity contribution in [3.05, 3.63) is 42.0 Å². The Kier molecular flexibility index (Phi) is 9.31. The lowest BCUT2D eigenvalue weighted by atomic mass is 9.94. The number of sulfonamides is 1. The Hall–Kier alpha value is -3.64. The third-order valence-corrected chi connectivity index (χ3v) is 8.24. The molecule has 2 heterocycles. The first kappa shape index (κ1) is 29.3. The van der Waals surface area contributed by atoms with Crippen LogP contribution in [0.4, 0.5) is 6.01 Å². The highest BCUT2D eigenvalue weighted by Crippen LogP contribution is 2.42. The summed E-state index contributed by atoms with van der Waals surface area (Å²) in [4.78, 5) is 13.0. The molecule has 1 N–H and O–H groups in total. The molecule has 1 fully saturated rings. The largest absolute Gasteiger partial charge is 0.490 e. The van der Waals surface area contributed by atoms with Gasteiger partial charge in [0.25, 0.3) is 5.91 Å². The van der Waals surface area contributed by atoms with Crippen LogP contribution in [0.15, 0.2) is 45.7 Å². The number of rotatable bonds is 11. The molecule has 1 aromatic heterocycles. The second-order valence-corrected chi connectivity index (χ2v) is 11.7. The molecule has 4 rings (SSSR count). The highest BCUT2D eigenvalue weighted by molar-refractivity contribution is 7.89. The maximum Gasteiger partial charge on any atom is 0.322 e. The fourth-order valence-corrected chi connectivity index (χ4v) is 6.48. The molecule has 12 heteroatoms. The van der Waals surface area contributed by atoms with E-state index in [0.29, 0.717) is 67.6 Å². The lowest BCUT2D eigenvalue weighted by molar-refractivity contribution is 0.102. The average molecular weight is 573 g/mol. The maximum atomic E-state index is 13.1. The molecule has 2 atom stereocenters. The number of nitrogens with one attached hydrogen (secondary N) is 1. The van der Waals surface area contributed by atoms with Gasteiger partial charge in [0.2, 0.25) is 21.7 Å². The van der Waals surface area contributed by atoms with Crippen molar-refractivity contribution in [3.63, 3.8) is 0 Å². The fraction of sp³-hybridized carbons (Fsp3) is 0.464. The first-order valence-corrected chi connectivity index (χ1v) is 14.9. The van der Waals surface area contributed by atoms with E-state index in [1.807, 2.05) is 20.8 Å². The van der Waals surface area contributed by atoms with Gasteiger partial charge in [-0.05, 0) is 75.4 Å². The number of nitrogens with zero attached hydrogens (tertiary/aromatic N) is 3. The van der Waals surface area contributed by atoms with Crippen LogP contribution in [0.3, 0.4) is 0 Å². The number of benzene rings is 2. The number of carbonyl (C=O) groups is 1. The molecule has 40 heavy (non-hydrogen) atoms. The summed E-state index contributed by atoms with van der Waals surface area (Å²) in [5.74, 6) is 1.64. The monoisotopic (exact) mass is 572 g/mol. The van der Waals surface area contributed by atoms with Gasteiger partial charge in [-0.1, -0.05) is 18.9 Å². The fourth-order valence-electron chi connectivity index (χ4n) is 4.80. The Balaban J connectivity index is 1.50. The zero-order chi connectivity index (χ0) is 28.9. The molecule has 1 aliphatic rings. The van der Waals surface area contributed by atoms with Gasteiger partial charge in [-0.25, -0.2) is 8.42 Å². The lowest BCUT2D eigenvalue weighted by Crippen LogP contribution is -2.42. The Morgan fingerprint density at radius 1 is 0.950 bits per heavy atom. The van der Waals surface area contributed by atoms with Crippen molar-refractivity contribution in [1.29, 1.82) is 0 Å². The summed E-state index contributed by atoms with van der Waals surface area (Å²) in [6, 6.07) is 9.11. The summed E-state index contributed by atoms with van der Waals surface area (Å²) in [6.45, 7) is 11.9. The predicted molar refractivity (Wildman–Crippen MR) is 149 cm³/mol. The highest BCUT2D eigenvalue weighted by atomic mass is 32.2. The first-order valence-electron chi connectivity index (χ1n) is 13.5. The molecular weight excluding hydrogens is 536 g/mol. The van der Waals surface area contributed by atoms with Gasteiger partial charge in [-0.3, -0.25) is 10.1 Å². The van der Waals surface area contributed by atoms with E-state index in [2.05, 4.69) is 29.4 Å². The maximum absolute atomic E-state index is 13.1. The zero-order valence-corrected chi connectivity index (χ0v) is 24.3. The van der Waals surface area contributed by atoms with Crippen molar-refractivity contribution in [2.45, 2.75) is 45.9 Å². The normalized spacial score (nSPS) is 17.8. The Labute approximate surface area is 234 Å². The molecule has 216 valence electrons. The molecule has 2 aromatic carbocycles. The molecule has 1 aliphatic heterocycles. The van der Waals surface area contributed by atoms with Crippen LogP contribution in [0.1, 0.15) is 51.4 Å². The summed E-state index contributed by atoms with van der Waals surface area (Å²) >= 11 is 0. The van der Waals surface area contributed by atoms with Crippen molar-refractivity contribution in [1.82, 2.24) is 14.5 Å². The minimum Gasteiger partial charge on any atom is -0.490 e. The van der Waals surface area contributed by atoms with E-state index < -0.39 is 15.9 Å². The van der Waals surface area contributed by atoms with E-state index in [1.165, 1.54) is 28.6 Å². The summed E-state index contributed by atoms with van der Waals surface area (Å²) in [5, 5.41) is 10.6. The topological polar surface area (TPSA) is 133 Å². The number of hydrogen-bond acceptors (Lipinski definition) is 9. The van der Waals surface area contributed by atoms with Crippen LogP contribution in [0.5, 0.6) is 17.2 Å². The number of ether oxygens (including phenoxy) is 3. The summed E-state index contributed by atoms with van der Waals surface area (Å²) in [7, 11) is -3.65. The first-order chi connectivity index (χ1) is 19.2. The third kappa shape index (κ3) is 6.56. The van der Waals surface area contributed by atoms with Gasteiger partial charge >= 0.3 is 6.01 Å². The number of carbonyl (C=O) groups excluding carboxylic acids is 1. The Morgan fingerprint density at radius 2 is 1.52 bits per heavy atom. The molecule has 0 spiro atoms. The number of amides is 1. The minimum absolute atomic E-state index is 0.113. The summed E-state index contributed by atoms with van der Waals surface area (Å²) < 4.78 is 50.7. The minimum atomic E-state index is -3.65. The van der Waals surface area contributed by atoms with Gasteiger partial charge < -0.3 is 18.6 Å². The molecule has 1 amide bonds. The van der Waals surface area contributed by atoms with E-state index >= 15 is 0 Å². The molecule has 0 aliphatic carbocycles. The molecule has 3 aromatic rings. The van der Waals surface area contributed by atoms with Crippen LogP contribution in [0.25, 0.3) is 11.5 Å². The van der Waals surface area contributed by atoms with Gasteiger partial charge in [-0.2, -0.15) is 4.31 Å². The van der Waals surface area contributed by atoms with Crippen molar-refractivity contribution in [2.75, 3.05) is 38.2 Å². The van der Waals surface area contributed by atoms with E-state index in [-0.39, 0.29) is 22.4 Å². The van der Waals surface area contributed by atoms with Crippen molar-refractivity contribution in [3.8, 4) is 28.7 Å². The zero-order valence-electron chi connectivity index (χ0n) is 23.5. The van der Waals surface area contributed by atoms with Crippen molar-refractivity contribution >= 4 is 21.9 Å². The molecule has 1 saturated heterocycles. The van der Waals surface area contributed by atoms with Gasteiger partial charge in [0, 0.05) is 24.2 Å². The second kappa shape index (κ2) is 12.7. The van der Waals surface area contributed by atoms with Crippen LogP contribution < -0.4 is 19.5 Å². The molecule has 11 nitrogen and oxygen atoms in total. The Morgan fingerprint density at radius 3 is 2.08 bits per heavy atom. The number of anilines is 1. The van der Waals surface area contributed by atoms with Crippen LogP contribution in [0.2, 0.25) is 0 Å². The van der Waals surface area contributed by atoms with Crippen molar-refractivity contribution < 1.29 is 31.8 Å². The Bertz CT molecular complexity index is 1390. The van der Waals surface area contributed by atoms with Gasteiger partial charge in [0.05, 0.1) is 24.7 Å². The summed E-state index contributed by atoms with van der Waals surface area (Å²) in [5.41, 5.74) is 0.775. The molecule has 0 radical (unpaired) electrons. The number of hydrogen-bond donors (Lipinski definition) is 1. The standard InChI is InChI=1S/C28H36N4O7S/c1-6-36-23-14-21(15-24(37-7-2)25(23)38-8-3)27-30-31-28(39-27)29-26(33)20-9-11-22(12-10-20)40(34,35)32-16-18(4)13-19(5)17-32/h9-12,14-15,18-19H,6-8,13,16-17H2,1-5H3,(H,29,31,33)/t18-,19-/m0/s1. The SMILES string of the molecule is CCOc1cc(-c2nnc(NC(=O)c3ccc(S(=O)(=O)N4C[C@@H](C)C[C@H](C)C4)cc3)o2)cc(OCC)c1OCC. The second-order valence-electron chi connectivity index (χ2n) is 9.76. The van der Waals surface area contributed by atoms with Crippen LogP contribution in [-0.2, 0) is 10.0 Å². The predicted octanol–water partition coefficient (Wildman–Crippen LogP) is 4.85. The van der Waals surface area contributed by atoms with E-state index in [9.17, 15) is 13.2 Å². The molecule has 0 saturated carbocycles. The number of aromatic nitrogens is 2. The highest BCUT2D eigenvalue weighted by Gasteiger charge is 2.31.